The molecular formula is C13H14ClFO2. The fourth-order valence-corrected chi connectivity index (χ4v) is 3.20. The average molecular weight is 257 g/mol. The molecule has 1 N–H and O–H groups in total. The molecule has 92 valence electrons. The van der Waals surface area contributed by atoms with Gasteiger partial charge in [0.1, 0.15) is 5.82 Å². The zero-order valence-corrected chi connectivity index (χ0v) is 10.3. The summed E-state index contributed by atoms with van der Waals surface area (Å²) in [7, 11) is 0. The number of benzene rings is 1. The number of halogens is 2. The number of carbonyl (C=O) groups is 1. The molecule has 0 spiro atoms. The maximum absolute atomic E-state index is 13.0. The molecular weight excluding hydrogens is 243 g/mol. The molecule has 0 heterocycles. The molecule has 4 heteroatoms. The third kappa shape index (κ3) is 1.82. The maximum Gasteiger partial charge on any atom is 0.314 e. The van der Waals surface area contributed by atoms with E-state index < -0.39 is 17.2 Å². The lowest BCUT2D eigenvalue weighted by Gasteiger charge is -2.30. The Balaban J connectivity index is 2.58. The van der Waals surface area contributed by atoms with E-state index >= 15 is 0 Å². The Morgan fingerprint density at radius 2 is 2.29 bits per heavy atom. The highest BCUT2D eigenvalue weighted by atomic mass is 35.5. The fraction of sp³-hybridized carbons (Fsp3) is 0.462. The molecule has 1 fully saturated rings. The first-order valence-electron chi connectivity index (χ1n) is 5.67. The minimum absolute atomic E-state index is 0.0166. The molecule has 2 unspecified atom stereocenters. The first-order chi connectivity index (χ1) is 7.98. The van der Waals surface area contributed by atoms with Gasteiger partial charge in [-0.05, 0) is 36.5 Å². The minimum atomic E-state index is -0.954. The number of rotatable bonds is 2. The van der Waals surface area contributed by atoms with Gasteiger partial charge in [-0.25, -0.2) is 4.39 Å². The van der Waals surface area contributed by atoms with Crippen LogP contribution in [0.5, 0.6) is 0 Å². The van der Waals surface area contributed by atoms with E-state index in [4.69, 9.17) is 11.6 Å². The second-order valence-electron chi connectivity index (χ2n) is 4.69. The second kappa shape index (κ2) is 4.30. The van der Waals surface area contributed by atoms with Gasteiger partial charge in [-0.2, -0.15) is 0 Å². The first kappa shape index (κ1) is 12.4. The van der Waals surface area contributed by atoms with Gasteiger partial charge in [0.15, 0.2) is 0 Å². The third-order valence-corrected chi connectivity index (χ3v) is 4.16. The van der Waals surface area contributed by atoms with E-state index in [2.05, 4.69) is 0 Å². The van der Waals surface area contributed by atoms with Crippen LogP contribution in [0, 0.1) is 11.7 Å². The summed E-state index contributed by atoms with van der Waals surface area (Å²) in [4.78, 5) is 11.6. The van der Waals surface area contributed by atoms with Gasteiger partial charge in [0.2, 0.25) is 0 Å². The third-order valence-electron chi connectivity index (χ3n) is 3.84. The van der Waals surface area contributed by atoms with E-state index in [1.54, 1.807) is 0 Å². The van der Waals surface area contributed by atoms with Gasteiger partial charge in [0.25, 0.3) is 0 Å². The Bertz CT molecular complexity index is 461. The largest absolute Gasteiger partial charge is 0.481 e. The van der Waals surface area contributed by atoms with Crippen molar-refractivity contribution in [3.05, 3.63) is 34.6 Å². The molecule has 1 aliphatic carbocycles. The minimum Gasteiger partial charge on any atom is -0.481 e. The Hall–Kier alpha value is -1.09. The van der Waals surface area contributed by atoms with Crippen LogP contribution in [0.25, 0.3) is 0 Å². The lowest BCUT2D eigenvalue weighted by Crippen LogP contribution is -2.38. The molecule has 0 amide bonds. The van der Waals surface area contributed by atoms with Gasteiger partial charge in [-0.3, -0.25) is 4.79 Å². The molecule has 1 saturated carbocycles. The van der Waals surface area contributed by atoms with Crippen molar-refractivity contribution < 1.29 is 14.3 Å². The topological polar surface area (TPSA) is 37.3 Å². The number of carboxylic acids is 1. The molecule has 2 rings (SSSR count). The zero-order valence-electron chi connectivity index (χ0n) is 9.54. The van der Waals surface area contributed by atoms with Gasteiger partial charge in [-0.15, -0.1) is 0 Å². The molecule has 0 aliphatic heterocycles. The van der Waals surface area contributed by atoms with E-state index in [1.165, 1.54) is 18.2 Å². The summed E-state index contributed by atoms with van der Waals surface area (Å²) in [6.45, 7) is 1.92. The molecule has 1 aliphatic rings. The normalized spacial score (nSPS) is 28.3. The van der Waals surface area contributed by atoms with Crippen molar-refractivity contribution in [1.29, 1.82) is 0 Å². The maximum atomic E-state index is 13.0. The quantitative estimate of drug-likeness (QED) is 0.877. The molecule has 2 atom stereocenters. The number of carboxylic acid groups (broad SMARTS) is 1. The van der Waals surface area contributed by atoms with E-state index in [0.717, 1.165) is 12.8 Å². The standard InChI is InChI=1S/C13H14ClFO2/c1-8-3-2-6-13(8,12(16)17)10-5-4-9(15)7-11(10)14/h4-5,7-8H,2-3,6H2,1H3,(H,16,17). The van der Waals surface area contributed by atoms with E-state index in [-0.39, 0.29) is 10.9 Å². The van der Waals surface area contributed by atoms with Crippen LogP contribution in [0.4, 0.5) is 4.39 Å². The van der Waals surface area contributed by atoms with Crippen LogP contribution in [0.1, 0.15) is 31.7 Å². The van der Waals surface area contributed by atoms with Crippen molar-refractivity contribution in [2.45, 2.75) is 31.6 Å². The van der Waals surface area contributed by atoms with Gasteiger partial charge in [0.05, 0.1) is 5.41 Å². The molecule has 0 aromatic heterocycles. The lowest BCUT2D eigenvalue weighted by molar-refractivity contribution is -0.145. The van der Waals surface area contributed by atoms with E-state index in [0.29, 0.717) is 12.0 Å². The van der Waals surface area contributed by atoms with E-state index in [9.17, 15) is 14.3 Å². The predicted molar refractivity (Wildman–Crippen MR) is 63.7 cm³/mol. The molecule has 1 aromatic carbocycles. The highest BCUT2D eigenvalue weighted by molar-refractivity contribution is 6.31. The van der Waals surface area contributed by atoms with Gasteiger partial charge >= 0.3 is 5.97 Å². The summed E-state index contributed by atoms with van der Waals surface area (Å²) in [5.74, 6) is -1.29. The Morgan fingerprint density at radius 1 is 1.59 bits per heavy atom. The second-order valence-corrected chi connectivity index (χ2v) is 5.10. The molecule has 1 aromatic rings. The van der Waals surface area contributed by atoms with Gasteiger partial charge in [-0.1, -0.05) is 31.0 Å². The number of hydrogen-bond donors (Lipinski definition) is 1. The lowest BCUT2D eigenvalue weighted by atomic mass is 9.73. The molecule has 0 radical (unpaired) electrons. The highest BCUT2D eigenvalue weighted by Gasteiger charge is 2.49. The van der Waals surface area contributed by atoms with Crippen LogP contribution in [-0.4, -0.2) is 11.1 Å². The summed E-state index contributed by atoms with van der Waals surface area (Å²) in [6.07, 6.45) is 2.29. The SMILES string of the molecule is CC1CCCC1(C(=O)O)c1ccc(F)cc1Cl. The van der Waals surface area contributed by atoms with Crippen LogP contribution in [-0.2, 0) is 10.2 Å². The van der Waals surface area contributed by atoms with Crippen LogP contribution in [0.15, 0.2) is 18.2 Å². The van der Waals surface area contributed by atoms with Gasteiger partial charge < -0.3 is 5.11 Å². The van der Waals surface area contributed by atoms with Crippen molar-refractivity contribution >= 4 is 17.6 Å². The predicted octanol–water partition coefficient (Wildman–Crippen LogP) is 3.62. The first-order valence-corrected chi connectivity index (χ1v) is 6.05. The Morgan fingerprint density at radius 3 is 2.76 bits per heavy atom. The van der Waals surface area contributed by atoms with E-state index in [1.807, 2.05) is 6.92 Å². The number of hydrogen-bond acceptors (Lipinski definition) is 1. The van der Waals surface area contributed by atoms with Crippen molar-refractivity contribution in [3.8, 4) is 0 Å². The van der Waals surface area contributed by atoms with Crippen molar-refractivity contribution in [1.82, 2.24) is 0 Å². The molecule has 0 saturated heterocycles. The molecule has 17 heavy (non-hydrogen) atoms. The summed E-state index contributed by atoms with van der Waals surface area (Å²) in [6, 6.07) is 3.97. The van der Waals surface area contributed by atoms with Crippen LogP contribution >= 0.6 is 11.6 Å². The molecule has 0 bridgehead atoms. The summed E-state index contributed by atoms with van der Waals surface area (Å²) < 4.78 is 13.0. The zero-order chi connectivity index (χ0) is 12.6. The van der Waals surface area contributed by atoms with Crippen molar-refractivity contribution in [2.75, 3.05) is 0 Å². The Kier molecular flexibility index (Phi) is 3.13. The van der Waals surface area contributed by atoms with Crippen molar-refractivity contribution in [3.63, 3.8) is 0 Å². The highest BCUT2D eigenvalue weighted by Crippen LogP contribution is 2.48. The fourth-order valence-electron chi connectivity index (χ4n) is 2.86. The van der Waals surface area contributed by atoms with Crippen LogP contribution in [0.2, 0.25) is 5.02 Å². The smallest absolute Gasteiger partial charge is 0.314 e. The van der Waals surface area contributed by atoms with Crippen LogP contribution < -0.4 is 0 Å². The van der Waals surface area contributed by atoms with Crippen molar-refractivity contribution in [2.24, 2.45) is 5.92 Å². The number of aliphatic carboxylic acids is 1. The average Bonchev–Trinajstić information content (AvgIpc) is 2.61. The molecule has 2 nitrogen and oxygen atoms in total. The Labute approximate surface area is 104 Å². The van der Waals surface area contributed by atoms with Crippen LogP contribution in [0.3, 0.4) is 0 Å². The summed E-state index contributed by atoms with van der Waals surface area (Å²) in [5, 5.41) is 9.74. The summed E-state index contributed by atoms with van der Waals surface area (Å²) in [5.41, 5.74) is -0.414. The summed E-state index contributed by atoms with van der Waals surface area (Å²) >= 11 is 6.01. The monoisotopic (exact) mass is 256 g/mol. The van der Waals surface area contributed by atoms with Gasteiger partial charge in [0, 0.05) is 5.02 Å².